The van der Waals surface area contributed by atoms with Gasteiger partial charge in [0.25, 0.3) is 0 Å². The maximum absolute atomic E-state index is 13.4. The van der Waals surface area contributed by atoms with E-state index < -0.39 is 0 Å². The van der Waals surface area contributed by atoms with Gasteiger partial charge in [-0.1, -0.05) is 50.2 Å². The van der Waals surface area contributed by atoms with Crippen LogP contribution in [0.15, 0.2) is 47.0 Å². The Balaban J connectivity index is 1.53. The summed E-state index contributed by atoms with van der Waals surface area (Å²) in [7, 11) is 0. The van der Waals surface area contributed by atoms with Gasteiger partial charge >= 0.3 is 0 Å². The number of hydrogen-bond donors (Lipinski definition) is 0. The van der Waals surface area contributed by atoms with Crippen molar-refractivity contribution in [1.29, 1.82) is 0 Å². The van der Waals surface area contributed by atoms with E-state index >= 15 is 0 Å². The van der Waals surface area contributed by atoms with Gasteiger partial charge < -0.3 is 9.42 Å². The van der Waals surface area contributed by atoms with Crippen LogP contribution in [0.5, 0.6) is 0 Å². The fourth-order valence-electron chi connectivity index (χ4n) is 3.67. The van der Waals surface area contributed by atoms with Crippen LogP contribution in [0.4, 0.5) is 10.1 Å². The van der Waals surface area contributed by atoms with Crippen molar-refractivity contribution in [1.82, 2.24) is 10.1 Å². The summed E-state index contributed by atoms with van der Waals surface area (Å²) < 4.78 is 18.9. The monoisotopic (exact) mass is 393 g/mol. The maximum atomic E-state index is 13.4. The Labute approximate surface area is 169 Å². The Morgan fingerprint density at radius 1 is 1.14 bits per heavy atom. The smallest absolute Gasteiger partial charge is 0.232 e. The summed E-state index contributed by atoms with van der Waals surface area (Å²) in [6, 6.07) is 12.6. The molecule has 150 valence electrons. The number of aryl methyl sites for hydroxylation is 1. The number of nitrogens with zero attached hydrogens (tertiary/aromatic N) is 3. The summed E-state index contributed by atoms with van der Waals surface area (Å²) in [6.07, 6.45) is 0.293. The molecule has 4 rings (SSSR count). The summed E-state index contributed by atoms with van der Waals surface area (Å²) in [5.41, 5.74) is 3.63. The third-order valence-electron chi connectivity index (χ3n) is 5.37. The molecule has 6 heteroatoms. The Morgan fingerprint density at radius 2 is 1.86 bits per heavy atom. The second kappa shape index (κ2) is 7.10. The van der Waals surface area contributed by atoms with Crippen molar-refractivity contribution in [2.24, 2.45) is 0 Å². The highest BCUT2D eigenvalue weighted by Crippen LogP contribution is 2.34. The molecule has 1 aliphatic heterocycles. The Bertz CT molecular complexity index is 1050. The van der Waals surface area contributed by atoms with E-state index in [0.29, 0.717) is 24.7 Å². The van der Waals surface area contributed by atoms with Crippen molar-refractivity contribution >= 4 is 11.6 Å². The van der Waals surface area contributed by atoms with Gasteiger partial charge in [-0.2, -0.15) is 4.98 Å². The van der Waals surface area contributed by atoms with Crippen LogP contribution in [0.25, 0.3) is 11.4 Å². The van der Waals surface area contributed by atoms with Gasteiger partial charge in [-0.05, 0) is 41.7 Å². The van der Waals surface area contributed by atoms with E-state index in [9.17, 15) is 9.18 Å². The average Bonchev–Trinajstić information content (AvgIpc) is 3.28. The van der Waals surface area contributed by atoms with Crippen LogP contribution in [-0.2, 0) is 10.2 Å². The van der Waals surface area contributed by atoms with Gasteiger partial charge in [0.2, 0.25) is 17.6 Å². The molecule has 0 N–H and O–H groups in total. The highest BCUT2D eigenvalue weighted by molar-refractivity contribution is 5.97. The molecular weight excluding hydrogens is 369 g/mol. The van der Waals surface area contributed by atoms with Gasteiger partial charge in [0.15, 0.2) is 0 Å². The normalized spacial score (nSPS) is 17.2. The average molecular weight is 393 g/mol. The summed E-state index contributed by atoms with van der Waals surface area (Å²) in [6.45, 7) is 8.74. The van der Waals surface area contributed by atoms with Gasteiger partial charge in [0.1, 0.15) is 5.82 Å². The lowest BCUT2D eigenvalue weighted by molar-refractivity contribution is -0.117. The topological polar surface area (TPSA) is 59.2 Å². The fraction of sp³-hybridized carbons (Fsp3) is 0.348. The lowest BCUT2D eigenvalue weighted by Crippen LogP contribution is -2.25. The van der Waals surface area contributed by atoms with Gasteiger partial charge in [-0.3, -0.25) is 4.79 Å². The Kier molecular flexibility index (Phi) is 4.73. The van der Waals surface area contributed by atoms with Crippen LogP contribution < -0.4 is 4.90 Å². The number of carbonyl (C=O) groups excluding carboxylic acids is 1. The Morgan fingerprint density at radius 3 is 2.52 bits per heavy atom. The van der Waals surface area contributed by atoms with Crippen molar-refractivity contribution in [3.63, 3.8) is 0 Å². The molecule has 3 aromatic rings. The standard InChI is InChI=1S/C23H24FN3O2/c1-14-11-18(24)9-10-19(14)27-13-16(12-20(27)28)22-25-21(26-29-22)15-5-7-17(8-6-15)23(2,3)4/h5-11,16H,12-13H2,1-4H3. The van der Waals surface area contributed by atoms with Gasteiger partial charge in [-0.25, -0.2) is 4.39 Å². The number of halogens is 1. The van der Waals surface area contributed by atoms with E-state index in [1.807, 2.05) is 12.1 Å². The van der Waals surface area contributed by atoms with Crippen molar-refractivity contribution in [3.8, 4) is 11.4 Å². The van der Waals surface area contributed by atoms with E-state index in [1.54, 1.807) is 17.9 Å². The third-order valence-corrected chi connectivity index (χ3v) is 5.37. The number of anilines is 1. The van der Waals surface area contributed by atoms with Crippen molar-refractivity contribution in [2.75, 3.05) is 11.4 Å². The summed E-state index contributed by atoms with van der Waals surface area (Å²) in [5.74, 6) is 0.453. The molecule has 1 amide bonds. The number of aromatic nitrogens is 2. The van der Waals surface area contributed by atoms with E-state index in [4.69, 9.17) is 4.52 Å². The zero-order valence-electron chi connectivity index (χ0n) is 17.1. The molecule has 2 heterocycles. The van der Waals surface area contributed by atoms with Crippen LogP contribution >= 0.6 is 0 Å². The maximum Gasteiger partial charge on any atom is 0.232 e. The quantitative estimate of drug-likeness (QED) is 0.628. The van der Waals surface area contributed by atoms with Gasteiger partial charge in [0.05, 0.1) is 5.92 Å². The minimum atomic E-state index is -0.312. The van der Waals surface area contributed by atoms with Crippen molar-refractivity contribution in [2.45, 2.75) is 45.4 Å². The second-order valence-electron chi connectivity index (χ2n) is 8.62. The van der Waals surface area contributed by atoms with E-state index in [0.717, 1.165) is 16.8 Å². The molecule has 0 bridgehead atoms. The van der Waals surface area contributed by atoms with Crippen LogP contribution in [0.3, 0.4) is 0 Å². The number of carbonyl (C=O) groups is 1. The number of rotatable bonds is 3. The zero-order valence-corrected chi connectivity index (χ0v) is 17.1. The molecule has 0 spiro atoms. The highest BCUT2D eigenvalue weighted by atomic mass is 19.1. The first-order valence-electron chi connectivity index (χ1n) is 9.73. The first-order chi connectivity index (χ1) is 13.7. The number of amides is 1. The van der Waals surface area contributed by atoms with Crippen LogP contribution in [0, 0.1) is 12.7 Å². The number of benzene rings is 2. The molecule has 2 aromatic carbocycles. The fourth-order valence-corrected chi connectivity index (χ4v) is 3.67. The largest absolute Gasteiger partial charge is 0.339 e. The van der Waals surface area contributed by atoms with Gasteiger partial charge in [0, 0.05) is 24.2 Å². The summed E-state index contributed by atoms with van der Waals surface area (Å²) >= 11 is 0. The predicted octanol–water partition coefficient (Wildman–Crippen LogP) is 5.00. The van der Waals surface area contributed by atoms with Crippen LogP contribution in [0.1, 0.15) is 50.1 Å². The highest BCUT2D eigenvalue weighted by Gasteiger charge is 2.35. The lowest BCUT2D eigenvalue weighted by Gasteiger charge is -2.18. The third kappa shape index (κ3) is 3.79. The molecule has 0 saturated carbocycles. The molecular formula is C23H24FN3O2. The molecule has 1 atom stereocenters. The molecule has 1 saturated heterocycles. The van der Waals surface area contributed by atoms with Gasteiger partial charge in [-0.15, -0.1) is 0 Å². The van der Waals surface area contributed by atoms with E-state index in [1.165, 1.54) is 17.7 Å². The predicted molar refractivity (Wildman–Crippen MR) is 109 cm³/mol. The van der Waals surface area contributed by atoms with Crippen molar-refractivity contribution < 1.29 is 13.7 Å². The minimum absolute atomic E-state index is 0.0287. The zero-order chi connectivity index (χ0) is 20.8. The molecule has 1 aromatic heterocycles. The molecule has 0 radical (unpaired) electrons. The molecule has 0 aliphatic carbocycles. The lowest BCUT2D eigenvalue weighted by atomic mass is 9.87. The van der Waals surface area contributed by atoms with Crippen molar-refractivity contribution in [3.05, 3.63) is 65.3 Å². The Hall–Kier alpha value is -3.02. The second-order valence-corrected chi connectivity index (χ2v) is 8.62. The summed E-state index contributed by atoms with van der Waals surface area (Å²) in [4.78, 5) is 18.8. The first-order valence-corrected chi connectivity index (χ1v) is 9.73. The molecule has 29 heavy (non-hydrogen) atoms. The number of hydrogen-bond acceptors (Lipinski definition) is 4. The molecule has 1 aliphatic rings. The van der Waals surface area contributed by atoms with Crippen LogP contribution in [-0.4, -0.2) is 22.6 Å². The van der Waals surface area contributed by atoms with E-state index in [-0.39, 0.29) is 23.1 Å². The SMILES string of the molecule is Cc1cc(F)ccc1N1CC(c2nc(-c3ccc(C(C)(C)C)cc3)no2)CC1=O. The first kappa shape index (κ1) is 19.3. The molecule has 1 fully saturated rings. The molecule has 1 unspecified atom stereocenters. The molecule has 5 nitrogen and oxygen atoms in total. The minimum Gasteiger partial charge on any atom is -0.339 e. The van der Waals surface area contributed by atoms with E-state index in [2.05, 4.69) is 43.0 Å². The summed E-state index contributed by atoms with van der Waals surface area (Å²) in [5, 5.41) is 4.11. The van der Waals surface area contributed by atoms with Crippen LogP contribution in [0.2, 0.25) is 0 Å².